The summed E-state index contributed by atoms with van der Waals surface area (Å²) >= 11 is 0. The van der Waals surface area contributed by atoms with E-state index in [9.17, 15) is 0 Å². The lowest BCUT2D eigenvalue weighted by molar-refractivity contribution is 0.895. The molecular formula is C6H9N3. The molecule has 0 aliphatic carbocycles. The first-order valence-electron chi connectivity index (χ1n) is 2.63. The molecule has 0 aliphatic heterocycles. The van der Waals surface area contributed by atoms with Gasteiger partial charge in [0.15, 0.2) is 0 Å². The van der Waals surface area contributed by atoms with E-state index in [0.29, 0.717) is 5.70 Å². The molecule has 0 bridgehead atoms. The number of nitrogens with two attached hydrogens (primary N) is 1. The second-order valence-corrected chi connectivity index (χ2v) is 1.92. The first-order valence-corrected chi connectivity index (χ1v) is 2.63. The molecule has 2 N–H and O–H groups in total. The van der Waals surface area contributed by atoms with Crippen molar-refractivity contribution in [3.05, 3.63) is 24.8 Å². The van der Waals surface area contributed by atoms with Crippen molar-refractivity contribution in [3.63, 3.8) is 0 Å². The van der Waals surface area contributed by atoms with E-state index in [1.54, 1.807) is 12.5 Å². The van der Waals surface area contributed by atoms with Gasteiger partial charge in [0.25, 0.3) is 0 Å². The normalized spacial score (nSPS) is 9.44. The highest BCUT2D eigenvalue weighted by molar-refractivity contribution is 5.55. The second-order valence-electron chi connectivity index (χ2n) is 1.92. The van der Waals surface area contributed by atoms with Gasteiger partial charge in [-0.1, -0.05) is 6.58 Å². The fourth-order valence-corrected chi connectivity index (χ4v) is 0.667. The molecule has 1 aromatic rings. The summed E-state index contributed by atoms with van der Waals surface area (Å²) in [6.45, 7) is 3.58. The van der Waals surface area contributed by atoms with E-state index >= 15 is 0 Å². The number of aryl methyl sites for hydroxylation is 1. The maximum absolute atomic E-state index is 5.40. The lowest BCUT2D eigenvalue weighted by atomic mass is 10.4. The van der Waals surface area contributed by atoms with Crippen LogP contribution in [0, 0.1) is 0 Å². The van der Waals surface area contributed by atoms with Crippen LogP contribution >= 0.6 is 0 Å². The number of hydrogen-bond donors (Lipinski definition) is 1. The van der Waals surface area contributed by atoms with E-state index in [1.165, 1.54) is 0 Å². The third kappa shape index (κ3) is 0.937. The minimum atomic E-state index is 0.551. The van der Waals surface area contributed by atoms with Crippen LogP contribution in [0.3, 0.4) is 0 Å². The molecule has 0 saturated heterocycles. The largest absolute Gasteiger partial charge is 0.397 e. The average Bonchev–Trinajstić information content (AvgIpc) is 2.13. The second kappa shape index (κ2) is 1.93. The van der Waals surface area contributed by atoms with Crippen molar-refractivity contribution >= 4 is 5.70 Å². The molecule has 1 aromatic heterocycles. The maximum Gasteiger partial charge on any atom is 0.0948 e. The Labute approximate surface area is 53.8 Å². The zero-order valence-electron chi connectivity index (χ0n) is 5.33. The number of rotatable bonds is 1. The van der Waals surface area contributed by atoms with Gasteiger partial charge in [0.05, 0.1) is 18.2 Å². The summed E-state index contributed by atoms with van der Waals surface area (Å²) in [5.74, 6) is 0. The van der Waals surface area contributed by atoms with E-state index < -0.39 is 0 Å². The van der Waals surface area contributed by atoms with Gasteiger partial charge in [0.2, 0.25) is 0 Å². The Bertz CT molecular complexity index is 224. The predicted molar refractivity (Wildman–Crippen MR) is 36.4 cm³/mol. The lowest BCUT2D eigenvalue weighted by Gasteiger charge is -1.97. The molecule has 3 nitrogen and oxygen atoms in total. The number of imidazole rings is 1. The van der Waals surface area contributed by atoms with E-state index in [1.807, 2.05) is 11.6 Å². The molecule has 0 saturated carbocycles. The summed E-state index contributed by atoms with van der Waals surface area (Å²) in [5.41, 5.74) is 6.83. The van der Waals surface area contributed by atoms with Crippen molar-refractivity contribution in [3.8, 4) is 0 Å². The summed E-state index contributed by atoms with van der Waals surface area (Å²) < 4.78 is 1.82. The van der Waals surface area contributed by atoms with Gasteiger partial charge in [0.1, 0.15) is 0 Å². The predicted octanol–water partition coefficient (Wildman–Crippen LogP) is 0.350. The lowest BCUT2D eigenvalue weighted by Crippen LogP contribution is -1.99. The molecule has 0 aromatic carbocycles. The molecule has 1 heterocycles. The van der Waals surface area contributed by atoms with Crippen molar-refractivity contribution in [2.75, 3.05) is 0 Å². The Morgan fingerprint density at radius 1 is 1.89 bits per heavy atom. The molecule has 0 unspecified atom stereocenters. The number of aromatic nitrogens is 2. The highest BCUT2D eigenvalue weighted by Gasteiger charge is 1.95. The van der Waals surface area contributed by atoms with Crippen LogP contribution in [0.25, 0.3) is 5.70 Å². The molecule has 48 valence electrons. The zero-order valence-corrected chi connectivity index (χ0v) is 5.33. The van der Waals surface area contributed by atoms with Crippen LogP contribution < -0.4 is 5.73 Å². The fourth-order valence-electron chi connectivity index (χ4n) is 0.667. The average molecular weight is 123 g/mol. The van der Waals surface area contributed by atoms with Crippen LogP contribution in [0.15, 0.2) is 19.1 Å². The van der Waals surface area contributed by atoms with E-state index in [0.717, 1.165) is 5.69 Å². The Balaban J connectivity index is 3.08. The van der Waals surface area contributed by atoms with Gasteiger partial charge in [-0.15, -0.1) is 0 Å². The topological polar surface area (TPSA) is 43.8 Å². The van der Waals surface area contributed by atoms with Crippen molar-refractivity contribution in [1.29, 1.82) is 0 Å². The fraction of sp³-hybridized carbons (Fsp3) is 0.167. The first-order chi connectivity index (χ1) is 4.22. The molecule has 0 aliphatic rings. The quantitative estimate of drug-likeness (QED) is 0.585. The summed E-state index contributed by atoms with van der Waals surface area (Å²) in [7, 11) is 1.88. The molecule has 3 heteroatoms. The highest BCUT2D eigenvalue weighted by Crippen LogP contribution is 2.01. The molecular weight excluding hydrogens is 114 g/mol. The van der Waals surface area contributed by atoms with E-state index in [-0.39, 0.29) is 0 Å². The van der Waals surface area contributed by atoms with Gasteiger partial charge < -0.3 is 10.3 Å². The van der Waals surface area contributed by atoms with Crippen LogP contribution in [0.1, 0.15) is 5.69 Å². The van der Waals surface area contributed by atoms with Crippen LogP contribution in [0.4, 0.5) is 0 Å². The summed E-state index contributed by atoms with van der Waals surface area (Å²) in [6, 6.07) is 0. The molecule has 0 amide bonds. The Hall–Kier alpha value is -1.25. The van der Waals surface area contributed by atoms with Crippen LogP contribution in [0.2, 0.25) is 0 Å². The van der Waals surface area contributed by atoms with Crippen LogP contribution in [-0.4, -0.2) is 9.55 Å². The summed E-state index contributed by atoms with van der Waals surface area (Å²) in [5, 5.41) is 0. The standard InChI is InChI=1S/C6H9N3/c1-5(7)6-3-8-4-9(6)2/h3-4H,1,7H2,2H3. The van der Waals surface area contributed by atoms with Gasteiger partial charge in [-0.05, 0) is 0 Å². The van der Waals surface area contributed by atoms with Gasteiger partial charge in [-0.3, -0.25) is 0 Å². The molecule has 0 spiro atoms. The van der Waals surface area contributed by atoms with E-state index in [4.69, 9.17) is 5.73 Å². The minimum Gasteiger partial charge on any atom is -0.397 e. The van der Waals surface area contributed by atoms with Crippen molar-refractivity contribution in [1.82, 2.24) is 9.55 Å². The van der Waals surface area contributed by atoms with Crippen molar-refractivity contribution in [2.24, 2.45) is 12.8 Å². The number of hydrogen-bond acceptors (Lipinski definition) is 2. The Morgan fingerprint density at radius 2 is 2.56 bits per heavy atom. The molecule has 0 fully saturated rings. The van der Waals surface area contributed by atoms with Crippen LogP contribution in [0.5, 0.6) is 0 Å². The zero-order chi connectivity index (χ0) is 6.85. The highest BCUT2D eigenvalue weighted by atomic mass is 15.0. The van der Waals surface area contributed by atoms with Gasteiger partial charge in [-0.25, -0.2) is 4.98 Å². The SMILES string of the molecule is C=C(N)c1cncn1C. The van der Waals surface area contributed by atoms with Gasteiger partial charge in [-0.2, -0.15) is 0 Å². The van der Waals surface area contributed by atoms with Gasteiger partial charge >= 0.3 is 0 Å². The number of nitrogens with zero attached hydrogens (tertiary/aromatic N) is 2. The monoisotopic (exact) mass is 123 g/mol. The van der Waals surface area contributed by atoms with Crippen LogP contribution in [-0.2, 0) is 7.05 Å². The third-order valence-corrected chi connectivity index (χ3v) is 1.15. The van der Waals surface area contributed by atoms with Crippen molar-refractivity contribution in [2.45, 2.75) is 0 Å². The molecule has 1 rings (SSSR count). The molecule has 0 atom stereocenters. The van der Waals surface area contributed by atoms with Gasteiger partial charge in [0, 0.05) is 12.7 Å². The Morgan fingerprint density at radius 3 is 2.78 bits per heavy atom. The smallest absolute Gasteiger partial charge is 0.0948 e. The van der Waals surface area contributed by atoms with Crippen molar-refractivity contribution < 1.29 is 0 Å². The first kappa shape index (κ1) is 5.88. The van der Waals surface area contributed by atoms with E-state index in [2.05, 4.69) is 11.6 Å². The molecule has 0 radical (unpaired) electrons. The summed E-state index contributed by atoms with van der Waals surface area (Å²) in [4.78, 5) is 3.87. The maximum atomic E-state index is 5.40. The third-order valence-electron chi connectivity index (χ3n) is 1.15. The summed E-state index contributed by atoms with van der Waals surface area (Å²) in [6.07, 6.45) is 3.37. The minimum absolute atomic E-state index is 0.551. The Kier molecular flexibility index (Phi) is 1.26. The molecule has 9 heavy (non-hydrogen) atoms.